The van der Waals surface area contributed by atoms with E-state index in [4.69, 9.17) is 0 Å². The molecule has 0 aromatic rings. The van der Waals surface area contributed by atoms with Gasteiger partial charge < -0.3 is 4.74 Å². The molecule has 0 amide bonds. The summed E-state index contributed by atoms with van der Waals surface area (Å²) in [5.74, 6) is -38.5. The van der Waals surface area contributed by atoms with Crippen LogP contribution in [0.4, 0.5) is 57.1 Å². The van der Waals surface area contributed by atoms with Crippen LogP contribution < -0.4 is 0 Å². The summed E-state index contributed by atoms with van der Waals surface area (Å²) in [7, 11) is 0. The maximum atomic E-state index is 13.3. The maximum absolute atomic E-state index is 13.3. The highest BCUT2D eigenvalue weighted by Crippen LogP contribution is 2.60. The molecule has 0 unspecified atom stereocenters. The number of ether oxygens (including phenoxy) is 1. The van der Waals surface area contributed by atoms with E-state index in [2.05, 4.69) is 11.3 Å². The molecule has 0 aliphatic heterocycles. The molecule has 0 rings (SSSR count). The minimum absolute atomic E-state index is 0.0997. The highest BCUT2D eigenvalue weighted by atomic mass is 19.4. The molecular formula is C13H11F13O2. The second-order valence-electron chi connectivity index (χ2n) is 5.60. The van der Waals surface area contributed by atoms with E-state index in [1.165, 1.54) is 6.92 Å². The fourth-order valence-electron chi connectivity index (χ4n) is 1.55. The first kappa shape index (κ1) is 26.3. The lowest BCUT2D eigenvalue weighted by Gasteiger charge is -2.39. The Morgan fingerprint density at radius 1 is 0.750 bits per heavy atom. The summed E-state index contributed by atoms with van der Waals surface area (Å²) in [5.41, 5.74) is 0.0997. The molecule has 166 valence electrons. The molecule has 0 aliphatic rings. The van der Waals surface area contributed by atoms with Crippen molar-refractivity contribution in [1.82, 2.24) is 0 Å². The van der Waals surface area contributed by atoms with Crippen molar-refractivity contribution in [3.8, 4) is 0 Å². The van der Waals surface area contributed by atoms with Crippen molar-refractivity contribution in [1.29, 1.82) is 0 Å². The van der Waals surface area contributed by atoms with Crippen molar-refractivity contribution < 1.29 is 66.6 Å². The SMILES string of the molecule is C=C(C)CC(=O)OCCC(F)(F)C(F)(F)C(F)(F)C(F)(F)C(F)(F)C(F)(F)F. The summed E-state index contributed by atoms with van der Waals surface area (Å²) in [5, 5.41) is 0. The number of carbonyl (C=O) groups excluding carboxylic acids is 1. The van der Waals surface area contributed by atoms with Gasteiger partial charge in [0, 0.05) is 0 Å². The Morgan fingerprint density at radius 3 is 1.50 bits per heavy atom. The molecule has 2 nitrogen and oxygen atoms in total. The first-order valence-electron chi connectivity index (χ1n) is 6.82. The zero-order valence-electron chi connectivity index (χ0n) is 13.6. The molecule has 0 spiro atoms. The van der Waals surface area contributed by atoms with Crippen molar-refractivity contribution in [2.24, 2.45) is 0 Å². The Hall–Kier alpha value is -1.70. The molecule has 0 bridgehead atoms. The molecule has 15 heteroatoms. The van der Waals surface area contributed by atoms with E-state index in [9.17, 15) is 61.9 Å². The van der Waals surface area contributed by atoms with Gasteiger partial charge in [0.1, 0.15) is 0 Å². The minimum Gasteiger partial charge on any atom is -0.465 e. The van der Waals surface area contributed by atoms with Crippen LogP contribution in [0.15, 0.2) is 12.2 Å². The number of hydrogen-bond donors (Lipinski definition) is 0. The van der Waals surface area contributed by atoms with Crippen LogP contribution in [0.1, 0.15) is 19.8 Å². The van der Waals surface area contributed by atoms with Crippen LogP contribution in [0, 0.1) is 0 Å². The summed E-state index contributed by atoms with van der Waals surface area (Å²) in [6.45, 7) is 2.66. The zero-order chi connectivity index (χ0) is 23.0. The third kappa shape index (κ3) is 4.47. The van der Waals surface area contributed by atoms with E-state index in [-0.39, 0.29) is 5.57 Å². The fraction of sp³-hybridized carbons (Fsp3) is 0.769. The van der Waals surface area contributed by atoms with Crippen molar-refractivity contribution in [3.63, 3.8) is 0 Å². The lowest BCUT2D eigenvalue weighted by molar-refractivity contribution is -0.440. The summed E-state index contributed by atoms with van der Waals surface area (Å²) < 4.78 is 170. The van der Waals surface area contributed by atoms with Gasteiger partial charge in [0.2, 0.25) is 0 Å². The van der Waals surface area contributed by atoms with Crippen molar-refractivity contribution in [2.75, 3.05) is 6.61 Å². The van der Waals surface area contributed by atoms with Gasteiger partial charge in [-0.25, -0.2) is 0 Å². The van der Waals surface area contributed by atoms with Gasteiger partial charge in [-0.15, -0.1) is 0 Å². The van der Waals surface area contributed by atoms with E-state index < -0.39 is 61.2 Å². The predicted molar refractivity (Wildman–Crippen MR) is 65.8 cm³/mol. The second-order valence-corrected chi connectivity index (χ2v) is 5.60. The van der Waals surface area contributed by atoms with Crippen LogP contribution in [0.3, 0.4) is 0 Å². The minimum atomic E-state index is -7.94. The molecule has 0 aromatic carbocycles. The standard InChI is InChI=1S/C13H11F13O2/c1-6(2)5-7(27)28-4-3-8(14,15)9(16,17)10(18,19)11(20,21)12(22,23)13(24,25)26/h1,3-5H2,2H3. The summed E-state index contributed by atoms with van der Waals surface area (Å²) in [4.78, 5) is 11.0. The number of carbonyl (C=O) groups is 1. The van der Waals surface area contributed by atoms with Crippen LogP contribution >= 0.6 is 0 Å². The van der Waals surface area contributed by atoms with Gasteiger partial charge in [0.25, 0.3) is 0 Å². The molecule has 0 radical (unpaired) electrons. The van der Waals surface area contributed by atoms with E-state index in [1.54, 1.807) is 0 Å². The number of halogens is 13. The third-order valence-electron chi connectivity index (χ3n) is 3.12. The third-order valence-corrected chi connectivity index (χ3v) is 3.12. The molecule has 0 saturated heterocycles. The summed E-state index contributed by atoms with van der Waals surface area (Å²) in [6, 6.07) is 0. The number of hydrogen-bond acceptors (Lipinski definition) is 2. The predicted octanol–water partition coefficient (Wildman–Crippen LogP) is 5.62. The van der Waals surface area contributed by atoms with Gasteiger partial charge in [0.05, 0.1) is 19.4 Å². The lowest BCUT2D eigenvalue weighted by atomic mass is 9.93. The Morgan fingerprint density at radius 2 is 1.14 bits per heavy atom. The molecule has 0 fully saturated rings. The molecule has 0 atom stereocenters. The Labute approximate surface area is 148 Å². The van der Waals surface area contributed by atoms with Gasteiger partial charge in [-0.2, -0.15) is 57.1 Å². The number of alkyl halides is 13. The Bertz CT molecular complexity index is 592. The molecule has 0 aromatic heterocycles. The number of esters is 1. The summed E-state index contributed by atoms with van der Waals surface area (Å²) in [6.07, 6.45) is -10.7. The molecule has 0 aliphatic carbocycles. The normalized spacial score (nSPS) is 14.8. The van der Waals surface area contributed by atoms with E-state index in [0.29, 0.717) is 0 Å². The quantitative estimate of drug-likeness (QED) is 0.261. The van der Waals surface area contributed by atoms with Crippen LogP contribution in [0.2, 0.25) is 0 Å². The monoisotopic (exact) mass is 446 g/mol. The average molecular weight is 446 g/mol. The molecule has 0 heterocycles. The molecule has 28 heavy (non-hydrogen) atoms. The topological polar surface area (TPSA) is 26.3 Å². The first-order valence-corrected chi connectivity index (χ1v) is 6.82. The fourth-order valence-corrected chi connectivity index (χ4v) is 1.55. The van der Waals surface area contributed by atoms with Crippen LogP contribution in [-0.2, 0) is 9.53 Å². The van der Waals surface area contributed by atoms with Gasteiger partial charge in [0.15, 0.2) is 0 Å². The zero-order valence-corrected chi connectivity index (χ0v) is 13.6. The van der Waals surface area contributed by atoms with Gasteiger partial charge >= 0.3 is 41.8 Å². The Balaban J connectivity index is 5.68. The number of rotatable bonds is 9. The van der Waals surface area contributed by atoms with E-state index >= 15 is 0 Å². The smallest absolute Gasteiger partial charge is 0.460 e. The highest BCUT2D eigenvalue weighted by Gasteiger charge is 2.90. The van der Waals surface area contributed by atoms with Crippen LogP contribution in [0.25, 0.3) is 0 Å². The van der Waals surface area contributed by atoms with Gasteiger partial charge in [-0.1, -0.05) is 12.2 Å². The second kappa shape index (κ2) is 7.61. The van der Waals surface area contributed by atoms with Crippen LogP contribution in [-0.4, -0.2) is 48.4 Å². The largest absolute Gasteiger partial charge is 0.465 e. The van der Waals surface area contributed by atoms with E-state index in [1.807, 2.05) is 0 Å². The maximum Gasteiger partial charge on any atom is 0.460 e. The lowest BCUT2D eigenvalue weighted by Crippen LogP contribution is -2.70. The van der Waals surface area contributed by atoms with Gasteiger partial charge in [-0.3, -0.25) is 4.79 Å². The Kier molecular flexibility index (Phi) is 7.15. The molecule has 0 N–H and O–H groups in total. The van der Waals surface area contributed by atoms with Crippen molar-refractivity contribution in [2.45, 2.75) is 55.6 Å². The van der Waals surface area contributed by atoms with Crippen molar-refractivity contribution >= 4 is 5.97 Å². The first-order chi connectivity index (χ1) is 12.1. The summed E-state index contributed by atoms with van der Waals surface area (Å²) >= 11 is 0. The van der Waals surface area contributed by atoms with Crippen molar-refractivity contribution in [3.05, 3.63) is 12.2 Å². The van der Waals surface area contributed by atoms with Crippen LogP contribution in [0.5, 0.6) is 0 Å². The molecule has 0 saturated carbocycles. The van der Waals surface area contributed by atoms with E-state index in [0.717, 1.165) is 0 Å². The average Bonchev–Trinajstić information content (AvgIpc) is 2.43. The highest BCUT2D eigenvalue weighted by molar-refractivity contribution is 5.72. The van der Waals surface area contributed by atoms with Gasteiger partial charge in [-0.05, 0) is 6.92 Å². The molecular weight excluding hydrogens is 435 g/mol.